The molecule has 6 heteroatoms. The topological polar surface area (TPSA) is 58.6 Å². The van der Waals surface area contributed by atoms with Crippen molar-refractivity contribution in [1.82, 2.24) is 10.2 Å². The Labute approximate surface area is 187 Å². The Hall–Kier alpha value is -3.67. The molecule has 1 N–H and O–H groups in total. The molecule has 0 heterocycles. The molecule has 5 nitrogen and oxygen atoms in total. The normalized spacial score (nSPS) is 11.5. The molecule has 0 aliphatic rings. The predicted molar refractivity (Wildman–Crippen MR) is 122 cm³/mol. The maximum atomic E-state index is 13.4. The number of carbonyl (C=O) groups is 2. The monoisotopic (exact) mass is 434 g/mol. The van der Waals surface area contributed by atoms with Gasteiger partial charge in [0.15, 0.2) is 0 Å². The third-order valence-electron chi connectivity index (χ3n) is 5.27. The molecular formula is C26H27FN2O3. The molecule has 0 saturated heterocycles. The highest BCUT2D eigenvalue weighted by molar-refractivity contribution is 5.88. The van der Waals surface area contributed by atoms with Crippen LogP contribution in [0.5, 0.6) is 5.75 Å². The molecule has 3 aromatic carbocycles. The van der Waals surface area contributed by atoms with E-state index in [1.165, 1.54) is 12.1 Å². The number of carbonyl (C=O) groups excluding carboxylic acids is 2. The second kappa shape index (κ2) is 11.1. The number of methoxy groups -OCH3 is 1. The summed E-state index contributed by atoms with van der Waals surface area (Å²) in [6.07, 6.45) is 0.437. The molecule has 0 unspecified atom stereocenters. The zero-order valence-corrected chi connectivity index (χ0v) is 18.3. The average molecular weight is 435 g/mol. The van der Waals surface area contributed by atoms with Gasteiger partial charge in [-0.3, -0.25) is 9.59 Å². The van der Waals surface area contributed by atoms with Crippen LogP contribution >= 0.6 is 0 Å². The van der Waals surface area contributed by atoms with E-state index in [4.69, 9.17) is 4.74 Å². The number of ether oxygens (including phenoxy) is 1. The minimum Gasteiger partial charge on any atom is -0.497 e. The number of rotatable bonds is 9. The lowest BCUT2D eigenvalue weighted by Gasteiger charge is -2.31. The molecule has 0 saturated carbocycles. The van der Waals surface area contributed by atoms with E-state index in [-0.39, 0.29) is 30.6 Å². The molecule has 0 fully saturated rings. The maximum Gasteiger partial charge on any atom is 0.242 e. The summed E-state index contributed by atoms with van der Waals surface area (Å²) in [4.78, 5) is 27.9. The van der Waals surface area contributed by atoms with Crippen molar-refractivity contribution in [2.45, 2.75) is 25.4 Å². The van der Waals surface area contributed by atoms with Gasteiger partial charge in [0.25, 0.3) is 0 Å². The fourth-order valence-electron chi connectivity index (χ4n) is 3.57. The lowest BCUT2D eigenvalue weighted by Crippen LogP contribution is -2.50. The highest BCUT2D eigenvalue weighted by Gasteiger charge is 2.29. The Morgan fingerprint density at radius 2 is 1.62 bits per heavy atom. The summed E-state index contributed by atoms with van der Waals surface area (Å²) in [5, 5.41) is 2.69. The van der Waals surface area contributed by atoms with Crippen LogP contribution in [-0.2, 0) is 29.0 Å². The summed E-state index contributed by atoms with van der Waals surface area (Å²) in [6.45, 7) is 0.238. The zero-order valence-electron chi connectivity index (χ0n) is 18.3. The minimum atomic E-state index is -0.707. The molecule has 3 rings (SSSR count). The lowest BCUT2D eigenvalue weighted by atomic mass is 10.0. The largest absolute Gasteiger partial charge is 0.497 e. The number of hydrogen-bond acceptors (Lipinski definition) is 3. The molecule has 0 aromatic heterocycles. The standard InChI is InChI=1S/C26H27FN2O3/c1-28-26(31)24(16-19-7-4-3-5-8-19)29(18-21-9-6-10-23(15-21)32-2)25(30)17-20-11-13-22(27)14-12-20/h3-15,24H,16-18H2,1-2H3,(H,28,31)/t24-/m0/s1. The third kappa shape index (κ3) is 6.17. The van der Waals surface area contributed by atoms with Gasteiger partial charge >= 0.3 is 0 Å². The van der Waals surface area contributed by atoms with Crippen LogP contribution in [0.1, 0.15) is 16.7 Å². The smallest absolute Gasteiger partial charge is 0.242 e. The lowest BCUT2D eigenvalue weighted by molar-refractivity contribution is -0.140. The molecule has 1 atom stereocenters. The zero-order chi connectivity index (χ0) is 22.9. The van der Waals surface area contributed by atoms with Crippen LogP contribution in [0.3, 0.4) is 0 Å². The van der Waals surface area contributed by atoms with Crippen LogP contribution in [-0.4, -0.2) is 36.9 Å². The average Bonchev–Trinajstić information content (AvgIpc) is 2.83. The van der Waals surface area contributed by atoms with Gasteiger partial charge in [-0.1, -0.05) is 54.6 Å². The Balaban J connectivity index is 1.94. The molecule has 0 aliphatic carbocycles. The Bertz CT molecular complexity index is 1040. The van der Waals surface area contributed by atoms with E-state index in [1.807, 2.05) is 54.6 Å². The fraction of sp³-hybridized carbons (Fsp3) is 0.231. The van der Waals surface area contributed by atoms with Crippen LogP contribution in [0, 0.1) is 5.82 Å². The van der Waals surface area contributed by atoms with E-state index in [0.29, 0.717) is 17.7 Å². The van der Waals surface area contributed by atoms with Gasteiger partial charge in [-0.2, -0.15) is 0 Å². The Kier molecular flexibility index (Phi) is 7.97. The Morgan fingerprint density at radius 3 is 2.28 bits per heavy atom. The first-order valence-electron chi connectivity index (χ1n) is 10.4. The van der Waals surface area contributed by atoms with Gasteiger partial charge in [0.1, 0.15) is 17.6 Å². The first kappa shape index (κ1) is 23.0. The van der Waals surface area contributed by atoms with Gasteiger partial charge in [-0.05, 0) is 41.0 Å². The van der Waals surface area contributed by atoms with Gasteiger partial charge in [-0.15, -0.1) is 0 Å². The number of halogens is 1. The van der Waals surface area contributed by atoms with Gasteiger partial charge in [-0.25, -0.2) is 4.39 Å². The SMILES string of the molecule is CNC(=O)[C@H](Cc1ccccc1)N(Cc1cccc(OC)c1)C(=O)Cc1ccc(F)cc1. The molecule has 166 valence electrons. The predicted octanol–water partition coefficient (Wildman–Crippen LogP) is 3.76. The second-order valence-corrected chi connectivity index (χ2v) is 7.50. The summed E-state index contributed by atoms with van der Waals surface area (Å²) in [5.74, 6) is -0.150. The van der Waals surface area contributed by atoms with E-state index < -0.39 is 6.04 Å². The van der Waals surface area contributed by atoms with Crippen LogP contribution < -0.4 is 10.1 Å². The van der Waals surface area contributed by atoms with Crippen LogP contribution in [0.2, 0.25) is 0 Å². The van der Waals surface area contributed by atoms with Crippen LogP contribution in [0.15, 0.2) is 78.9 Å². The number of benzene rings is 3. The van der Waals surface area contributed by atoms with Crippen molar-refractivity contribution >= 4 is 11.8 Å². The maximum absolute atomic E-state index is 13.4. The molecular weight excluding hydrogens is 407 g/mol. The molecule has 0 aliphatic heterocycles. The molecule has 0 bridgehead atoms. The Morgan fingerprint density at radius 1 is 0.938 bits per heavy atom. The van der Waals surface area contributed by atoms with Crippen molar-refractivity contribution in [2.24, 2.45) is 0 Å². The van der Waals surface area contributed by atoms with E-state index in [9.17, 15) is 14.0 Å². The number of amides is 2. The summed E-state index contributed by atoms with van der Waals surface area (Å²) < 4.78 is 18.6. The van der Waals surface area contributed by atoms with Gasteiger partial charge < -0.3 is 15.0 Å². The van der Waals surface area contributed by atoms with Crippen LogP contribution in [0.4, 0.5) is 4.39 Å². The third-order valence-corrected chi connectivity index (χ3v) is 5.27. The highest BCUT2D eigenvalue weighted by atomic mass is 19.1. The molecule has 0 spiro atoms. The van der Waals surface area contributed by atoms with Crippen molar-refractivity contribution in [3.8, 4) is 5.75 Å². The van der Waals surface area contributed by atoms with Gasteiger partial charge in [0.05, 0.1) is 13.5 Å². The quantitative estimate of drug-likeness (QED) is 0.558. The van der Waals surface area contributed by atoms with Gasteiger partial charge in [0.2, 0.25) is 11.8 Å². The summed E-state index contributed by atoms with van der Waals surface area (Å²) in [5.41, 5.74) is 2.48. The van der Waals surface area contributed by atoms with Crippen molar-refractivity contribution in [3.05, 3.63) is 101 Å². The van der Waals surface area contributed by atoms with E-state index in [2.05, 4.69) is 5.32 Å². The molecule has 0 radical (unpaired) electrons. The highest BCUT2D eigenvalue weighted by Crippen LogP contribution is 2.19. The number of hydrogen-bond donors (Lipinski definition) is 1. The van der Waals surface area contributed by atoms with E-state index >= 15 is 0 Å². The minimum absolute atomic E-state index is 0.0620. The van der Waals surface area contributed by atoms with Crippen molar-refractivity contribution in [3.63, 3.8) is 0 Å². The van der Waals surface area contributed by atoms with Crippen molar-refractivity contribution in [2.75, 3.05) is 14.2 Å². The summed E-state index contributed by atoms with van der Waals surface area (Å²) >= 11 is 0. The number of likely N-dealkylation sites (N-methyl/N-ethyl adjacent to an activating group) is 1. The summed E-state index contributed by atoms with van der Waals surface area (Å²) in [7, 11) is 3.15. The van der Waals surface area contributed by atoms with Crippen LogP contribution in [0.25, 0.3) is 0 Å². The number of nitrogens with zero attached hydrogens (tertiary/aromatic N) is 1. The summed E-state index contributed by atoms with van der Waals surface area (Å²) in [6, 6.07) is 22.1. The van der Waals surface area contributed by atoms with Gasteiger partial charge in [0, 0.05) is 20.0 Å². The molecule has 2 amide bonds. The van der Waals surface area contributed by atoms with E-state index in [0.717, 1.165) is 11.1 Å². The first-order valence-corrected chi connectivity index (χ1v) is 10.4. The van der Waals surface area contributed by atoms with Crippen molar-refractivity contribution < 1.29 is 18.7 Å². The second-order valence-electron chi connectivity index (χ2n) is 7.50. The first-order chi connectivity index (χ1) is 15.5. The fourth-order valence-corrected chi connectivity index (χ4v) is 3.57. The molecule has 32 heavy (non-hydrogen) atoms. The van der Waals surface area contributed by atoms with E-state index in [1.54, 1.807) is 31.2 Å². The van der Waals surface area contributed by atoms with Crippen molar-refractivity contribution in [1.29, 1.82) is 0 Å². The number of nitrogens with one attached hydrogen (secondary N) is 1. The molecule has 3 aromatic rings.